The summed E-state index contributed by atoms with van der Waals surface area (Å²) < 4.78 is 0. The first-order valence-electron chi connectivity index (χ1n) is 3.18. The third-order valence-corrected chi connectivity index (χ3v) is 1.70. The summed E-state index contributed by atoms with van der Waals surface area (Å²) >= 11 is 0. The van der Waals surface area contributed by atoms with Crippen LogP contribution in [0.3, 0.4) is 0 Å². The van der Waals surface area contributed by atoms with Gasteiger partial charge in [0.25, 0.3) is 0 Å². The summed E-state index contributed by atoms with van der Waals surface area (Å²) in [5, 5.41) is 7.64. The highest BCUT2D eigenvalue weighted by atomic mass is 15.1. The second-order valence-corrected chi connectivity index (χ2v) is 2.30. The molecule has 0 aromatic carbocycles. The normalized spacial score (nSPS) is 15.6. The summed E-state index contributed by atoms with van der Waals surface area (Å²) in [5.74, 6) is 0. The van der Waals surface area contributed by atoms with Gasteiger partial charge in [-0.2, -0.15) is 5.10 Å². The number of hydrogen-bond acceptors (Lipinski definition) is 2. The van der Waals surface area contributed by atoms with E-state index >= 15 is 0 Å². The van der Waals surface area contributed by atoms with Gasteiger partial charge in [0.15, 0.2) is 0 Å². The Kier molecular flexibility index (Phi) is 0.979. The van der Waals surface area contributed by atoms with E-state index in [0.717, 1.165) is 6.42 Å². The van der Waals surface area contributed by atoms with Crippen molar-refractivity contribution in [1.29, 1.82) is 0 Å². The van der Waals surface area contributed by atoms with Gasteiger partial charge in [0.05, 0.1) is 5.69 Å². The SMILES string of the molecule is [c]1cc2c(nn1)CCC2. The molecule has 1 aliphatic carbocycles. The zero-order valence-electron chi connectivity index (χ0n) is 5.09. The number of fused-ring (bicyclic) bond motifs is 1. The maximum absolute atomic E-state index is 3.95. The van der Waals surface area contributed by atoms with E-state index in [1.807, 2.05) is 6.07 Å². The smallest absolute Gasteiger partial charge is 0.114 e. The van der Waals surface area contributed by atoms with Crippen LogP contribution < -0.4 is 0 Å². The molecule has 0 N–H and O–H groups in total. The van der Waals surface area contributed by atoms with Gasteiger partial charge in [-0.25, -0.2) is 0 Å². The van der Waals surface area contributed by atoms with E-state index in [1.54, 1.807) is 0 Å². The van der Waals surface area contributed by atoms with Gasteiger partial charge < -0.3 is 0 Å². The quantitative estimate of drug-likeness (QED) is 0.504. The Morgan fingerprint density at radius 3 is 3.33 bits per heavy atom. The van der Waals surface area contributed by atoms with Gasteiger partial charge >= 0.3 is 0 Å². The topological polar surface area (TPSA) is 25.8 Å². The molecule has 0 fully saturated rings. The first-order chi connectivity index (χ1) is 4.47. The molecule has 9 heavy (non-hydrogen) atoms. The van der Waals surface area contributed by atoms with Crippen molar-refractivity contribution in [3.63, 3.8) is 0 Å². The summed E-state index contributed by atoms with van der Waals surface area (Å²) in [6.45, 7) is 0. The Bertz CT molecular complexity index is 197. The predicted molar refractivity (Wildman–Crippen MR) is 32.9 cm³/mol. The van der Waals surface area contributed by atoms with Crippen LogP contribution in [0.25, 0.3) is 0 Å². The summed E-state index contributed by atoms with van der Waals surface area (Å²) in [6, 6.07) is 1.94. The van der Waals surface area contributed by atoms with E-state index in [0.29, 0.717) is 0 Å². The molecular weight excluding hydrogens is 112 g/mol. The van der Waals surface area contributed by atoms with Crippen LogP contribution in [0.2, 0.25) is 0 Å². The van der Waals surface area contributed by atoms with Crippen molar-refractivity contribution in [1.82, 2.24) is 10.2 Å². The highest BCUT2D eigenvalue weighted by molar-refractivity contribution is 5.21. The third kappa shape index (κ3) is 0.707. The molecule has 1 aliphatic rings. The fourth-order valence-electron chi connectivity index (χ4n) is 1.22. The van der Waals surface area contributed by atoms with Crippen molar-refractivity contribution in [2.24, 2.45) is 0 Å². The maximum atomic E-state index is 3.95. The molecular formula is C7H7N2. The molecule has 1 aromatic heterocycles. The van der Waals surface area contributed by atoms with Crippen LogP contribution in [0, 0.1) is 6.20 Å². The molecule has 0 saturated heterocycles. The fourth-order valence-corrected chi connectivity index (χ4v) is 1.22. The molecule has 0 aliphatic heterocycles. The van der Waals surface area contributed by atoms with Gasteiger partial charge in [-0.15, -0.1) is 5.10 Å². The summed E-state index contributed by atoms with van der Waals surface area (Å²) in [7, 11) is 0. The third-order valence-electron chi connectivity index (χ3n) is 1.70. The Balaban J connectivity index is 2.54. The number of hydrogen-bond donors (Lipinski definition) is 0. The minimum absolute atomic E-state index is 1.11. The van der Waals surface area contributed by atoms with Crippen LogP contribution in [0.15, 0.2) is 6.07 Å². The van der Waals surface area contributed by atoms with Crippen molar-refractivity contribution in [3.05, 3.63) is 23.5 Å². The molecule has 0 bridgehead atoms. The zero-order valence-corrected chi connectivity index (χ0v) is 5.09. The summed E-state index contributed by atoms with van der Waals surface area (Å²) in [4.78, 5) is 0. The number of aryl methyl sites for hydroxylation is 2. The average molecular weight is 119 g/mol. The lowest BCUT2D eigenvalue weighted by atomic mass is 10.2. The van der Waals surface area contributed by atoms with Gasteiger partial charge in [-0.3, -0.25) is 0 Å². The minimum atomic E-state index is 1.11. The van der Waals surface area contributed by atoms with Gasteiger partial charge in [0, 0.05) is 0 Å². The Morgan fingerprint density at radius 2 is 2.44 bits per heavy atom. The largest absolute Gasteiger partial charge is 0.155 e. The van der Waals surface area contributed by atoms with Crippen molar-refractivity contribution in [3.8, 4) is 0 Å². The van der Waals surface area contributed by atoms with Crippen molar-refractivity contribution >= 4 is 0 Å². The second kappa shape index (κ2) is 1.79. The van der Waals surface area contributed by atoms with Crippen molar-refractivity contribution in [2.75, 3.05) is 0 Å². The first kappa shape index (κ1) is 4.91. The number of rotatable bonds is 0. The lowest BCUT2D eigenvalue weighted by Gasteiger charge is -1.90. The van der Waals surface area contributed by atoms with Crippen LogP contribution in [0.1, 0.15) is 17.7 Å². The van der Waals surface area contributed by atoms with Gasteiger partial charge in [-0.05, 0) is 30.9 Å². The standard InChI is InChI=1S/C7H7N2/c1-2-6-4-5-8-9-7(6)3-1/h4H,1-3H2. The number of nitrogens with zero attached hydrogens (tertiary/aromatic N) is 2. The minimum Gasteiger partial charge on any atom is -0.155 e. The highest BCUT2D eigenvalue weighted by Crippen LogP contribution is 2.16. The van der Waals surface area contributed by atoms with Crippen LogP contribution in [-0.4, -0.2) is 10.2 Å². The molecule has 2 rings (SSSR count). The summed E-state index contributed by atoms with van der Waals surface area (Å²) in [6.07, 6.45) is 6.25. The maximum Gasteiger partial charge on any atom is 0.114 e. The van der Waals surface area contributed by atoms with Crippen molar-refractivity contribution < 1.29 is 0 Å². The molecule has 0 atom stereocenters. The monoisotopic (exact) mass is 119 g/mol. The fraction of sp³-hybridized carbons (Fsp3) is 0.429. The molecule has 2 heteroatoms. The van der Waals surface area contributed by atoms with Gasteiger partial charge in [0.1, 0.15) is 6.20 Å². The molecule has 1 aromatic rings. The first-order valence-corrected chi connectivity index (χ1v) is 3.18. The lowest BCUT2D eigenvalue weighted by Crippen LogP contribution is -1.88. The van der Waals surface area contributed by atoms with Gasteiger partial charge in [0.2, 0.25) is 0 Å². The van der Waals surface area contributed by atoms with Crippen LogP contribution in [0.4, 0.5) is 0 Å². The molecule has 0 unspecified atom stereocenters. The highest BCUT2D eigenvalue weighted by Gasteiger charge is 2.10. The average Bonchev–Trinajstić information content (AvgIpc) is 2.33. The van der Waals surface area contributed by atoms with Crippen LogP contribution >= 0.6 is 0 Å². The molecule has 0 saturated carbocycles. The molecule has 1 heterocycles. The van der Waals surface area contributed by atoms with Crippen LogP contribution in [0.5, 0.6) is 0 Å². The molecule has 0 spiro atoms. The summed E-state index contributed by atoms with van der Waals surface area (Å²) in [5.41, 5.74) is 2.51. The van der Waals surface area contributed by atoms with E-state index < -0.39 is 0 Å². The Morgan fingerprint density at radius 1 is 1.44 bits per heavy atom. The van der Waals surface area contributed by atoms with Crippen LogP contribution in [-0.2, 0) is 12.8 Å². The van der Waals surface area contributed by atoms with E-state index in [9.17, 15) is 0 Å². The molecule has 45 valence electrons. The van der Waals surface area contributed by atoms with E-state index in [4.69, 9.17) is 0 Å². The Hall–Kier alpha value is -0.920. The molecule has 2 nitrogen and oxygen atoms in total. The predicted octanol–water partition coefficient (Wildman–Crippen LogP) is 0.765. The van der Waals surface area contributed by atoms with E-state index in [1.165, 1.54) is 24.1 Å². The van der Waals surface area contributed by atoms with E-state index in [-0.39, 0.29) is 0 Å². The molecule has 1 radical (unpaired) electrons. The molecule has 0 amide bonds. The lowest BCUT2D eigenvalue weighted by molar-refractivity contribution is 0.877. The van der Waals surface area contributed by atoms with Gasteiger partial charge in [-0.1, -0.05) is 0 Å². The second-order valence-electron chi connectivity index (χ2n) is 2.30. The zero-order chi connectivity index (χ0) is 6.10. The van der Waals surface area contributed by atoms with Crippen molar-refractivity contribution in [2.45, 2.75) is 19.3 Å². The number of aromatic nitrogens is 2. The Labute approximate surface area is 53.9 Å². The van der Waals surface area contributed by atoms with E-state index in [2.05, 4.69) is 16.4 Å².